The Hall–Kier alpha value is -4.27. The zero-order valence-corrected chi connectivity index (χ0v) is 23.4. The molecule has 202 valence electrons. The minimum atomic E-state index is -0.244. The van der Waals surface area contributed by atoms with E-state index in [4.69, 9.17) is 26.1 Å². The van der Waals surface area contributed by atoms with E-state index < -0.39 is 0 Å². The Morgan fingerprint density at radius 2 is 1.77 bits per heavy atom. The van der Waals surface area contributed by atoms with Crippen LogP contribution < -0.4 is 14.9 Å². The number of fused-ring (bicyclic) bond motifs is 1. The highest BCUT2D eigenvalue weighted by Crippen LogP contribution is 2.29. The lowest BCUT2D eigenvalue weighted by Gasteiger charge is -2.11. The molecule has 1 heterocycles. The molecule has 5 aromatic rings. The molecule has 40 heavy (non-hydrogen) atoms. The Labute approximate surface area is 241 Å². The number of methoxy groups -OCH3 is 1. The van der Waals surface area contributed by atoms with Crippen molar-refractivity contribution >= 4 is 46.5 Å². The first-order valence-electron chi connectivity index (χ1n) is 12.6. The van der Waals surface area contributed by atoms with Crippen molar-refractivity contribution < 1.29 is 14.3 Å². The molecule has 0 aliphatic heterocycles. The quantitative estimate of drug-likeness (QED) is 0.110. The molecular formula is C31H27ClN4O3S. The van der Waals surface area contributed by atoms with E-state index in [-0.39, 0.29) is 11.7 Å². The molecule has 5 rings (SSSR count). The molecule has 0 saturated heterocycles. The molecule has 0 aliphatic carbocycles. The summed E-state index contributed by atoms with van der Waals surface area (Å²) in [6.45, 7) is 0.960. The Morgan fingerprint density at radius 3 is 2.60 bits per heavy atom. The van der Waals surface area contributed by atoms with Gasteiger partial charge >= 0.3 is 0 Å². The van der Waals surface area contributed by atoms with Gasteiger partial charge in [-0.1, -0.05) is 84.0 Å². The second-order valence-corrected chi connectivity index (χ2v) is 10.2. The lowest BCUT2D eigenvalue weighted by Crippen LogP contribution is -2.20. The summed E-state index contributed by atoms with van der Waals surface area (Å²) in [5, 5.41) is 5.56. The van der Waals surface area contributed by atoms with Crippen molar-refractivity contribution in [2.24, 2.45) is 5.10 Å². The highest BCUT2D eigenvalue weighted by atomic mass is 35.5. The topological polar surface area (TPSA) is 77.7 Å². The number of amides is 1. The third-order valence-corrected chi connectivity index (χ3v) is 7.41. The van der Waals surface area contributed by atoms with Gasteiger partial charge in [-0.3, -0.25) is 4.79 Å². The molecule has 9 heteroatoms. The molecule has 0 bridgehead atoms. The monoisotopic (exact) mass is 570 g/mol. The van der Waals surface area contributed by atoms with Crippen LogP contribution in [-0.2, 0) is 17.9 Å². The van der Waals surface area contributed by atoms with Gasteiger partial charge in [0.25, 0.3) is 5.91 Å². The number of rotatable bonds is 11. The van der Waals surface area contributed by atoms with Crippen LogP contribution in [0.2, 0.25) is 5.02 Å². The number of nitrogens with one attached hydrogen (secondary N) is 1. The van der Waals surface area contributed by atoms with E-state index in [1.54, 1.807) is 13.3 Å². The number of halogens is 1. The van der Waals surface area contributed by atoms with Crippen LogP contribution in [0.5, 0.6) is 11.5 Å². The van der Waals surface area contributed by atoms with Crippen molar-refractivity contribution in [2.75, 3.05) is 12.9 Å². The molecule has 0 spiro atoms. The van der Waals surface area contributed by atoms with E-state index in [1.807, 2.05) is 97.1 Å². The van der Waals surface area contributed by atoms with Crippen molar-refractivity contribution in [2.45, 2.75) is 18.3 Å². The number of imidazole rings is 1. The number of aromatic nitrogens is 2. The molecular weight excluding hydrogens is 544 g/mol. The highest BCUT2D eigenvalue weighted by Gasteiger charge is 2.14. The van der Waals surface area contributed by atoms with Crippen molar-refractivity contribution in [1.82, 2.24) is 15.0 Å². The summed E-state index contributed by atoms with van der Waals surface area (Å²) in [6.07, 6.45) is 1.57. The van der Waals surface area contributed by atoms with E-state index >= 15 is 0 Å². The van der Waals surface area contributed by atoms with Gasteiger partial charge in [0.1, 0.15) is 6.61 Å². The van der Waals surface area contributed by atoms with Crippen molar-refractivity contribution in [3.05, 3.63) is 119 Å². The maximum Gasteiger partial charge on any atom is 0.250 e. The maximum atomic E-state index is 12.6. The van der Waals surface area contributed by atoms with Crippen LogP contribution >= 0.6 is 23.4 Å². The molecule has 0 radical (unpaired) electrons. The number of carbonyl (C=O) groups excluding carboxylic acids is 1. The molecule has 1 N–H and O–H groups in total. The van der Waals surface area contributed by atoms with Gasteiger partial charge in [-0.25, -0.2) is 10.4 Å². The summed E-state index contributed by atoms with van der Waals surface area (Å²) in [5.41, 5.74) is 7.23. The van der Waals surface area contributed by atoms with Crippen LogP contribution in [0.15, 0.2) is 107 Å². The predicted molar refractivity (Wildman–Crippen MR) is 161 cm³/mol. The zero-order chi connectivity index (χ0) is 27.7. The largest absolute Gasteiger partial charge is 0.493 e. The Kier molecular flexibility index (Phi) is 9.00. The summed E-state index contributed by atoms with van der Waals surface area (Å²) >= 11 is 7.77. The minimum Gasteiger partial charge on any atom is -0.493 e. The smallest absolute Gasteiger partial charge is 0.250 e. The Balaban J connectivity index is 1.22. The third-order valence-electron chi connectivity index (χ3n) is 6.07. The number of carbonyl (C=O) groups is 1. The predicted octanol–water partition coefficient (Wildman–Crippen LogP) is 6.57. The second-order valence-electron chi connectivity index (χ2n) is 8.83. The summed E-state index contributed by atoms with van der Waals surface area (Å²) < 4.78 is 13.5. The van der Waals surface area contributed by atoms with Crippen LogP contribution in [0.25, 0.3) is 11.0 Å². The molecule has 0 atom stereocenters. The number of para-hydroxylation sites is 2. The Morgan fingerprint density at radius 1 is 1.00 bits per heavy atom. The van der Waals surface area contributed by atoms with Crippen molar-refractivity contribution in [1.29, 1.82) is 0 Å². The number of nitrogens with zero attached hydrogens (tertiary/aromatic N) is 3. The number of hydrogen-bond acceptors (Lipinski definition) is 6. The number of ether oxygens (including phenoxy) is 2. The Bertz CT molecular complexity index is 1640. The summed E-state index contributed by atoms with van der Waals surface area (Å²) in [4.78, 5) is 17.4. The first kappa shape index (κ1) is 27.3. The van der Waals surface area contributed by atoms with E-state index in [9.17, 15) is 4.79 Å². The molecule has 0 fully saturated rings. The van der Waals surface area contributed by atoms with Crippen molar-refractivity contribution in [3.63, 3.8) is 0 Å². The molecule has 4 aromatic carbocycles. The maximum absolute atomic E-state index is 12.6. The van der Waals surface area contributed by atoms with Crippen LogP contribution in [0.3, 0.4) is 0 Å². The molecule has 1 aromatic heterocycles. The second kappa shape index (κ2) is 13.2. The summed E-state index contributed by atoms with van der Waals surface area (Å²) in [6, 6.07) is 31.0. The number of benzene rings is 4. The lowest BCUT2D eigenvalue weighted by molar-refractivity contribution is -0.118. The van der Waals surface area contributed by atoms with E-state index in [0.717, 1.165) is 32.9 Å². The lowest BCUT2D eigenvalue weighted by atomic mass is 10.2. The van der Waals surface area contributed by atoms with Crippen LogP contribution in [0.1, 0.15) is 16.7 Å². The standard InChI is InChI=1S/C31H27ClN4O3S/c1-38-28-16-15-23(17-29(28)39-20-22-9-3-2-4-10-22)18-33-35-30(37)21-40-31-34-26-13-7-8-14-27(26)36(31)19-24-11-5-6-12-25(24)32/h2-18H,19-21H2,1H3,(H,35,37)/b33-18+. The molecule has 7 nitrogen and oxygen atoms in total. The SMILES string of the molecule is COc1ccc(/C=N/NC(=O)CSc2nc3ccccc3n2Cc2ccccc2Cl)cc1OCc1ccccc1. The first-order chi connectivity index (χ1) is 19.6. The average Bonchev–Trinajstić information content (AvgIpc) is 3.34. The van der Waals surface area contributed by atoms with Gasteiger partial charge in [-0.2, -0.15) is 5.10 Å². The molecule has 0 saturated carbocycles. The van der Waals surface area contributed by atoms with Gasteiger partial charge in [-0.05, 0) is 53.1 Å². The minimum absolute atomic E-state index is 0.150. The molecule has 1 amide bonds. The zero-order valence-electron chi connectivity index (χ0n) is 21.8. The van der Waals surface area contributed by atoms with Gasteiger partial charge in [0, 0.05) is 5.02 Å². The fourth-order valence-corrected chi connectivity index (χ4v) is 5.08. The fraction of sp³-hybridized carbons (Fsp3) is 0.129. The van der Waals surface area contributed by atoms with Crippen LogP contribution in [-0.4, -0.2) is 34.5 Å². The molecule has 0 unspecified atom stereocenters. The number of thioether (sulfide) groups is 1. The number of hydrogen-bond donors (Lipinski definition) is 1. The van der Waals surface area contributed by atoms with Gasteiger partial charge in [0.05, 0.1) is 36.7 Å². The van der Waals surface area contributed by atoms with Crippen LogP contribution in [0.4, 0.5) is 0 Å². The third kappa shape index (κ3) is 6.83. The summed E-state index contributed by atoms with van der Waals surface area (Å²) in [5.74, 6) is 1.12. The normalized spacial score (nSPS) is 11.2. The fourth-order valence-electron chi connectivity index (χ4n) is 4.08. The number of hydrazone groups is 1. The summed E-state index contributed by atoms with van der Waals surface area (Å²) in [7, 11) is 1.60. The van der Waals surface area contributed by atoms with Gasteiger partial charge in [-0.15, -0.1) is 0 Å². The highest BCUT2D eigenvalue weighted by molar-refractivity contribution is 7.99. The van der Waals surface area contributed by atoms with E-state index in [0.29, 0.717) is 29.7 Å². The first-order valence-corrected chi connectivity index (χ1v) is 13.9. The molecule has 0 aliphatic rings. The van der Waals surface area contributed by atoms with Gasteiger partial charge in [0.2, 0.25) is 0 Å². The van der Waals surface area contributed by atoms with Gasteiger partial charge in [0.15, 0.2) is 16.7 Å². The van der Waals surface area contributed by atoms with Crippen molar-refractivity contribution in [3.8, 4) is 11.5 Å². The van der Waals surface area contributed by atoms with E-state index in [2.05, 4.69) is 15.1 Å². The van der Waals surface area contributed by atoms with E-state index in [1.165, 1.54) is 11.8 Å². The van der Waals surface area contributed by atoms with Gasteiger partial charge < -0.3 is 14.0 Å². The van der Waals surface area contributed by atoms with Crippen LogP contribution in [0, 0.1) is 0 Å². The average molecular weight is 571 g/mol.